The van der Waals surface area contributed by atoms with E-state index in [9.17, 15) is 13.6 Å². The van der Waals surface area contributed by atoms with Crippen molar-refractivity contribution in [1.82, 2.24) is 4.90 Å². The molecule has 2 saturated heterocycles. The van der Waals surface area contributed by atoms with Gasteiger partial charge in [-0.2, -0.15) is 0 Å². The molecule has 2 amide bonds. The molecule has 168 valence electrons. The number of halogens is 3. The predicted octanol–water partition coefficient (Wildman–Crippen LogP) is 3.99. The molecule has 2 aliphatic heterocycles. The van der Waals surface area contributed by atoms with E-state index in [1.165, 1.54) is 15.9 Å². The van der Waals surface area contributed by atoms with E-state index < -0.39 is 35.8 Å². The molecule has 3 aliphatic rings. The molecule has 2 aromatic carbocycles. The van der Waals surface area contributed by atoms with Crippen LogP contribution in [0.3, 0.4) is 0 Å². The summed E-state index contributed by atoms with van der Waals surface area (Å²) < 4.78 is 54.5. The highest BCUT2D eigenvalue weighted by atomic mass is 19.1. The lowest BCUT2D eigenvalue weighted by Gasteiger charge is -2.32. The van der Waals surface area contributed by atoms with Crippen molar-refractivity contribution >= 4 is 24.3 Å². The molecule has 2 heterocycles. The number of benzene rings is 2. The van der Waals surface area contributed by atoms with Crippen LogP contribution in [0, 0.1) is 17.5 Å². The van der Waals surface area contributed by atoms with Gasteiger partial charge in [0.2, 0.25) is 0 Å². The van der Waals surface area contributed by atoms with Gasteiger partial charge in [-0.1, -0.05) is 6.07 Å². The van der Waals surface area contributed by atoms with E-state index in [0.717, 1.165) is 18.2 Å². The number of hydrogen-bond acceptors (Lipinski definition) is 3. The fourth-order valence-electron chi connectivity index (χ4n) is 4.37. The second-order valence-corrected chi connectivity index (χ2v) is 9.68. The van der Waals surface area contributed by atoms with E-state index in [1.807, 2.05) is 27.7 Å². The molecule has 1 aliphatic carbocycles. The number of rotatable bonds is 4. The molecule has 3 fully saturated rings. The monoisotopic (exact) mass is 444 g/mol. The molecule has 5 nitrogen and oxygen atoms in total. The maximum Gasteiger partial charge on any atom is 0.497 e. The Morgan fingerprint density at radius 1 is 0.969 bits per heavy atom. The molecule has 5 rings (SSSR count). The number of hydrogen-bond donors (Lipinski definition) is 0. The maximum absolute atomic E-state index is 15.1. The number of amides is 2. The normalized spacial score (nSPS) is 25.5. The Hall–Kier alpha value is -2.52. The molecule has 9 heteroatoms. The van der Waals surface area contributed by atoms with Crippen molar-refractivity contribution in [3.8, 4) is 0 Å². The topological polar surface area (TPSA) is 42.0 Å². The fourth-order valence-corrected chi connectivity index (χ4v) is 4.37. The molecule has 2 atom stereocenters. The van der Waals surface area contributed by atoms with Gasteiger partial charge < -0.3 is 14.2 Å². The van der Waals surface area contributed by atoms with Crippen molar-refractivity contribution < 1.29 is 27.3 Å². The summed E-state index contributed by atoms with van der Waals surface area (Å²) in [5.41, 5.74) is -0.385. The lowest BCUT2D eigenvalue weighted by atomic mass is 9.78. The van der Waals surface area contributed by atoms with Crippen LogP contribution >= 0.6 is 0 Å². The van der Waals surface area contributed by atoms with Gasteiger partial charge in [0.05, 0.1) is 29.8 Å². The number of carbonyl (C=O) groups is 1. The summed E-state index contributed by atoms with van der Waals surface area (Å²) in [6, 6.07) is 7.19. The molecule has 0 bridgehead atoms. The van der Waals surface area contributed by atoms with E-state index in [0.29, 0.717) is 12.1 Å². The van der Waals surface area contributed by atoms with Gasteiger partial charge in [0.15, 0.2) is 0 Å². The van der Waals surface area contributed by atoms with E-state index in [4.69, 9.17) is 9.31 Å². The number of carbonyl (C=O) groups excluding carboxylic acids is 1. The molecule has 2 aromatic rings. The van der Waals surface area contributed by atoms with Gasteiger partial charge in [0, 0.05) is 16.7 Å². The van der Waals surface area contributed by atoms with Gasteiger partial charge in [-0.05, 0) is 64.4 Å². The standard InChI is InChI=1S/C23H24BF3N2O3/c1-22(2)23(3,4)32-24(31-22)16-7-6-15(10-18(16)27)29-20-11-19(20)28(21(29)30)12-13-9-14(25)5-8-17(13)26/h5-10,19-20H,11-12H2,1-4H3. The zero-order chi connectivity index (χ0) is 23.0. The largest absolute Gasteiger partial charge is 0.497 e. The summed E-state index contributed by atoms with van der Waals surface area (Å²) in [6.45, 7) is 7.54. The Morgan fingerprint density at radius 2 is 1.66 bits per heavy atom. The summed E-state index contributed by atoms with van der Waals surface area (Å²) in [7, 11) is -0.843. The molecule has 0 aromatic heterocycles. The van der Waals surface area contributed by atoms with Crippen LogP contribution in [0.4, 0.5) is 23.7 Å². The smallest absolute Gasteiger partial charge is 0.399 e. The van der Waals surface area contributed by atoms with E-state index >= 15 is 4.39 Å². The summed E-state index contributed by atoms with van der Waals surface area (Å²) >= 11 is 0. The van der Waals surface area contributed by atoms with Crippen LogP contribution in [0.2, 0.25) is 0 Å². The van der Waals surface area contributed by atoms with Crippen molar-refractivity contribution in [1.29, 1.82) is 0 Å². The molecular weight excluding hydrogens is 420 g/mol. The van der Waals surface area contributed by atoms with Gasteiger partial charge in [-0.15, -0.1) is 0 Å². The van der Waals surface area contributed by atoms with Crippen molar-refractivity contribution in [3.63, 3.8) is 0 Å². The number of nitrogens with zero attached hydrogens (tertiary/aromatic N) is 2. The van der Waals surface area contributed by atoms with Gasteiger partial charge in [-0.25, -0.2) is 18.0 Å². The third-order valence-electron chi connectivity index (χ3n) is 7.03. The van der Waals surface area contributed by atoms with Crippen molar-refractivity contribution in [3.05, 3.63) is 59.4 Å². The lowest BCUT2D eigenvalue weighted by Crippen LogP contribution is -2.41. The summed E-state index contributed by atoms with van der Waals surface area (Å²) in [5, 5.41) is 0. The number of urea groups is 1. The second kappa shape index (κ2) is 6.99. The molecule has 2 unspecified atom stereocenters. The average Bonchev–Trinajstić information content (AvgIpc) is 3.36. The number of fused-ring (bicyclic) bond motifs is 1. The molecule has 0 spiro atoms. The van der Waals surface area contributed by atoms with E-state index in [2.05, 4.69) is 0 Å². The molecule has 0 radical (unpaired) electrons. The fraction of sp³-hybridized carbons (Fsp3) is 0.435. The Morgan fingerprint density at radius 3 is 2.31 bits per heavy atom. The third-order valence-corrected chi connectivity index (χ3v) is 7.03. The first-order valence-electron chi connectivity index (χ1n) is 10.7. The van der Waals surface area contributed by atoms with Crippen LogP contribution in [-0.4, -0.2) is 41.3 Å². The van der Waals surface area contributed by atoms with Crippen molar-refractivity contribution in [2.45, 2.75) is 63.9 Å². The van der Waals surface area contributed by atoms with Crippen molar-refractivity contribution in [2.24, 2.45) is 0 Å². The second-order valence-electron chi connectivity index (χ2n) is 9.68. The Labute approximate surface area is 185 Å². The first kappa shape index (κ1) is 21.3. The van der Waals surface area contributed by atoms with E-state index in [1.54, 1.807) is 12.1 Å². The summed E-state index contributed by atoms with van der Waals surface area (Å²) in [5.74, 6) is -1.65. The Kier molecular flexibility index (Phi) is 4.66. The van der Waals surface area contributed by atoms with Gasteiger partial charge in [-0.3, -0.25) is 4.90 Å². The van der Waals surface area contributed by atoms with Gasteiger partial charge >= 0.3 is 13.1 Å². The van der Waals surface area contributed by atoms with Crippen molar-refractivity contribution in [2.75, 3.05) is 4.90 Å². The van der Waals surface area contributed by atoms with Crippen LogP contribution < -0.4 is 10.4 Å². The highest BCUT2D eigenvalue weighted by molar-refractivity contribution is 6.62. The maximum atomic E-state index is 15.1. The van der Waals surface area contributed by atoms with Crippen LogP contribution in [0.15, 0.2) is 36.4 Å². The first-order chi connectivity index (χ1) is 15.0. The molecule has 32 heavy (non-hydrogen) atoms. The predicted molar refractivity (Wildman–Crippen MR) is 114 cm³/mol. The van der Waals surface area contributed by atoms with Gasteiger partial charge in [0.25, 0.3) is 0 Å². The summed E-state index contributed by atoms with van der Waals surface area (Å²) in [4.78, 5) is 16.1. The zero-order valence-electron chi connectivity index (χ0n) is 18.4. The SMILES string of the molecule is CC1(C)OB(c2ccc(N3C(=O)N(Cc4cc(F)ccc4F)C4CC43)cc2F)OC1(C)C. The molecule has 0 N–H and O–H groups in total. The molecular formula is C23H24BF3N2O3. The van der Waals surface area contributed by atoms with Crippen LogP contribution in [0.25, 0.3) is 0 Å². The first-order valence-corrected chi connectivity index (χ1v) is 10.7. The highest BCUT2D eigenvalue weighted by Gasteiger charge is 2.58. The average molecular weight is 444 g/mol. The number of anilines is 1. The minimum absolute atomic E-state index is 0.0332. The van der Waals surface area contributed by atoms with Gasteiger partial charge in [0.1, 0.15) is 17.5 Å². The van der Waals surface area contributed by atoms with Crippen LogP contribution in [0.5, 0.6) is 0 Å². The minimum Gasteiger partial charge on any atom is -0.399 e. The third kappa shape index (κ3) is 3.30. The van der Waals surface area contributed by atoms with E-state index in [-0.39, 0.29) is 35.7 Å². The highest BCUT2D eigenvalue weighted by Crippen LogP contribution is 2.44. The lowest BCUT2D eigenvalue weighted by molar-refractivity contribution is 0.00578. The zero-order valence-corrected chi connectivity index (χ0v) is 18.4. The summed E-state index contributed by atoms with van der Waals surface area (Å²) in [6.07, 6.45) is 0.698. The molecule has 1 saturated carbocycles. The Bertz CT molecular complexity index is 1090. The quantitative estimate of drug-likeness (QED) is 0.671. The minimum atomic E-state index is -0.843. The Balaban J connectivity index is 1.37. The van der Waals surface area contributed by atoms with Crippen LogP contribution in [0.1, 0.15) is 39.7 Å². The van der Waals surface area contributed by atoms with Crippen LogP contribution in [-0.2, 0) is 15.9 Å².